The number of carbonyl (C=O) groups is 2. The van der Waals surface area contributed by atoms with Crippen LogP contribution in [0.2, 0.25) is 0 Å². The molecule has 0 saturated carbocycles. The van der Waals surface area contributed by atoms with Crippen molar-refractivity contribution in [1.82, 2.24) is 0 Å². The summed E-state index contributed by atoms with van der Waals surface area (Å²) in [5.41, 5.74) is 0.951. The monoisotopic (exact) mass is 304 g/mol. The molecule has 4 nitrogen and oxygen atoms in total. The number of rotatable bonds is 8. The topological polar surface area (TPSA) is 63.6 Å². The van der Waals surface area contributed by atoms with E-state index in [1.165, 1.54) is 6.07 Å². The molecule has 1 aromatic carbocycles. The van der Waals surface area contributed by atoms with Gasteiger partial charge in [0.1, 0.15) is 5.75 Å². The SMILES string of the molecule is CCCC=CCCc1cc(C(=O)O)ccc1OC(=O)C(C)C. The Morgan fingerprint density at radius 1 is 1.23 bits per heavy atom. The highest BCUT2D eigenvalue weighted by molar-refractivity contribution is 5.88. The predicted molar refractivity (Wildman–Crippen MR) is 86.2 cm³/mol. The van der Waals surface area contributed by atoms with Crippen molar-refractivity contribution in [2.24, 2.45) is 5.92 Å². The molecule has 0 fully saturated rings. The van der Waals surface area contributed by atoms with Gasteiger partial charge in [-0.05, 0) is 43.0 Å². The third-order valence-electron chi connectivity index (χ3n) is 3.19. The summed E-state index contributed by atoms with van der Waals surface area (Å²) in [5.74, 6) is -1.07. The lowest BCUT2D eigenvalue weighted by atomic mass is 10.0. The van der Waals surface area contributed by atoms with Crippen LogP contribution in [-0.4, -0.2) is 17.0 Å². The van der Waals surface area contributed by atoms with E-state index in [1.807, 2.05) is 0 Å². The van der Waals surface area contributed by atoms with Crippen molar-refractivity contribution in [3.05, 3.63) is 41.5 Å². The van der Waals surface area contributed by atoms with E-state index in [0.717, 1.165) is 24.8 Å². The van der Waals surface area contributed by atoms with Gasteiger partial charge in [0, 0.05) is 0 Å². The molecule has 0 bridgehead atoms. The molecular weight excluding hydrogens is 280 g/mol. The van der Waals surface area contributed by atoms with Gasteiger partial charge < -0.3 is 9.84 Å². The number of carbonyl (C=O) groups excluding carboxylic acids is 1. The van der Waals surface area contributed by atoms with E-state index in [1.54, 1.807) is 26.0 Å². The Bertz CT molecular complexity index is 544. The van der Waals surface area contributed by atoms with Crippen molar-refractivity contribution in [2.45, 2.75) is 46.5 Å². The molecule has 1 aromatic rings. The van der Waals surface area contributed by atoms with E-state index in [2.05, 4.69) is 19.1 Å². The lowest BCUT2D eigenvalue weighted by Crippen LogP contribution is -2.16. The van der Waals surface area contributed by atoms with Crippen LogP contribution in [0.15, 0.2) is 30.4 Å². The maximum atomic E-state index is 11.7. The largest absolute Gasteiger partial charge is 0.478 e. The molecule has 0 aliphatic rings. The van der Waals surface area contributed by atoms with Gasteiger partial charge in [0.2, 0.25) is 0 Å². The van der Waals surface area contributed by atoms with E-state index in [4.69, 9.17) is 9.84 Å². The fourth-order valence-electron chi connectivity index (χ4n) is 1.87. The molecule has 0 atom stereocenters. The van der Waals surface area contributed by atoms with Crippen molar-refractivity contribution in [3.63, 3.8) is 0 Å². The third-order valence-corrected chi connectivity index (χ3v) is 3.19. The van der Waals surface area contributed by atoms with Gasteiger partial charge in [0.25, 0.3) is 0 Å². The first-order valence-electron chi connectivity index (χ1n) is 7.68. The quantitative estimate of drug-likeness (QED) is 0.443. The van der Waals surface area contributed by atoms with Crippen LogP contribution in [0.4, 0.5) is 0 Å². The first-order valence-corrected chi connectivity index (χ1v) is 7.68. The van der Waals surface area contributed by atoms with Crippen LogP contribution in [0.25, 0.3) is 0 Å². The Morgan fingerprint density at radius 3 is 2.50 bits per heavy atom. The second-order valence-corrected chi connectivity index (χ2v) is 5.50. The highest BCUT2D eigenvalue weighted by Gasteiger charge is 2.14. The zero-order chi connectivity index (χ0) is 16.5. The normalized spacial score (nSPS) is 11.1. The summed E-state index contributed by atoms with van der Waals surface area (Å²) in [6.07, 6.45) is 7.75. The maximum Gasteiger partial charge on any atom is 0.335 e. The van der Waals surface area contributed by atoms with Gasteiger partial charge in [-0.25, -0.2) is 4.79 Å². The fraction of sp³-hybridized carbons (Fsp3) is 0.444. The van der Waals surface area contributed by atoms with Gasteiger partial charge in [-0.1, -0.05) is 39.3 Å². The van der Waals surface area contributed by atoms with Crippen LogP contribution >= 0.6 is 0 Å². The lowest BCUT2D eigenvalue weighted by molar-refractivity contribution is -0.137. The summed E-state index contributed by atoms with van der Waals surface area (Å²) < 4.78 is 5.36. The second kappa shape index (κ2) is 9.03. The molecule has 0 amide bonds. The number of aryl methyl sites for hydroxylation is 1. The number of aromatic carboxylic acids is 1. The van der Waals surface area contributed by atoms with Crippen LogP contribution in [0.1, 0.15) is 56.0 Å². The number of allylic oxidation sites excluding steroid dienone is 2. The Labute approximate surface area is 131 Å². The summed E-state index contributed by atoms with van der Waals surface area (Å²) in [6.45, 7) is 5.65. The molecule has 0 aliphatic carbocycles. The molecule has 0 radical (unpaired) electrons. The molecule has 0 aromatic heterocycles. The van der Waals surface area contributed by atoms with Crippen molar-refractivity contribution in [3.8, 4) is 5.75 Å². The standard InChI is InChI=1S/C18H24O4/c1-4-5-6-7-8-9-14-12-15(17(19)20)10-11-16(14)22-18(21)13(2)3/h6-7,10-13H,4-5,8-9H2,1-3H3,(H,19,20). The summed E-state index contributed by atoms with van der Waals surface area (Å²) in [4.78, 5) is 22.8. The van der Waals surface area contributed by atoms with Crippen LogP contribution < -0.4 is 4.74 Å². The van der Waals surface area contributed by atoms with E-state index >= 15 is 0 Å². The van der Waals surface area contributed by atoms with Gasteiger partial charge >= 0.3 is 11.9 Å². The van der Waals surface area contributed by atoms with E-state index in [0.29, 0.717) is 12.2 Å². The molecule has 4 heteroatoms. The summed E-state index contributed by atoms with van der Waals surface area (Å²) >= 11 is 0. The van der Waals surface area contributed by atoms with E-state index in [-0.39, 0.29) is 17.5 Å². The van der Waals surface area contributed by atoms with Crippen molar-refractivity contribution in [2.75, 3.05) is 0 Å². The zero-order valence-electron chi connectivity index (χ0n) is 13.5. The van der Waals surface area contributed by atoms with Crippen molar-refractivity contribution in [1.29, 1.82) is 0 Å². The molecule has 1 rings (SSSR count). The second-order valence-electron chi connectivity index (χ2n) is 5.50. The highest BCUT2D eigenvalue weighted by atomic mass is 16.5. The molecule has 0 aliphatic heterocycles. The summed E-state index contributed by atoms with van der Waals surface area (Å²) in [7, 11) is 0. The molecule has 22 heavy (non-hydrogen) atoms. The first kappa shape index (κ1) is 18.0. The predicted octanol–water partition coefficient (Wildman–Crippen LogP) is 4.24. The number of ether oxygens (including phenoxy) is 1. The Kier molecular flexibility index (Phi) is 7.37. The number of esters is 1. The maximum absolute atomic E-state index is 11.7. The molecule has 1 N–H and O–H groups in total. The molecule has 0 heterocycles. The highest BCUT2D eigenvalue weighted by Crippen LogP contribution is 2.23. The number of hydrogen-bond acceptors (Lipinski definition) is 3. The molecule has 0 unspecified atom stereocenters. The molecule has 0 spiro atoms. The number of carboxylic acids is 1. The molecular formula is C18H24O4. The lowest BCUT2D eigenvalue weighted by Gasteiger charge is -2.12. The number of benzene rings is 1. The van der Waals surface area contributed by atoms with Gasteiger partial charge in [0.15, 0.2) is 0 Å². The first-order chi connectivity index (χ1) is 10.5. The molecule has 0 saturated heterocycles. The zero-order valence-corrected chi connectivity index (χ0v) is 13.5. The number of hydrogen-bond donors (Lipinski definition) is 1. The third kappa shape index (κ3) is 5.72. The number of unbranched alkanes of at least 4 members (excludes halogenated alkanes) is 1. The minimum absolute atomic E-state index is 0.205. The fourth-order valence-corrected chi connectivity index (χ4v) is 1.87. The van der Waals surface area contributed by atoms with Crippen LogP contribution in [-0.2, 0) is 11.2 Å². The number of carboxylic acid groups (broad SMARTS) is 1. The van der Waals surface area contributed by atoms with E-state index < -0.39 is 5.97 Å². The van der Waals surface area contributed by atoms with Crippen molar-refractivity contribution < 1.29 is 19.4 Å². The smallest absolute Gasteiger partial charge is 0.335 e. The van der Waals surface area contributed by atoms with Gasteiger partial charge in [-0.2, -0.15) is 0 Å². The van der Waals surface area contributed by atoms with Crippen molar-refractivity contribution >= 4 is 11.9 Å². The minimum Gasteiger partial charge on any atom is -0.478 e. The van der Waals surface area contributed by atoms with Crippen LogP contribution in [0, 0.1) is 5.92 Å². The average Bonchev–Trinajstić information content (AvgIpc) is 2.48. The summed E-state index contributed by atoms with van der Waals surface area (Å²) in [5, 5.41) is 9.09. The van der Waals surface area contributed by atoms with Gasteiger partial charge in [-0.15, -0.1) is 0 Å². The van der Waals surface area contributed by atoms with Crippen LogP contribution in [0.5, 0.6) is 5.75 Å². The van der Waals surface area contributed by atoms with Gasteiger partial charge in [-0.3, -0.25) is 4.79 Å². The van der Waals surface area contributed by atoms with Gasteiger partial charge in [0.05, 0.1) is 11.5 Å². The molecule has 120 valence electrons. The summed E-state index contributed by atoms with van der Waals surface area (Å²) in [6, 6.07) is 4.61. The van der Waals surface area contributed by atoms with E-state index in [9.17, 15) is 9.59 Å². The van der Waals surface area contributed by atoms with Crippen LogP contribution in [0.3, 0.4) is 0 Å². The average molecular weight is 304 g/mol. The Balaban J connectivity index is 2.89. The minimum atomic E-state index is -0.982. The Morgan fingerprint density at radius 2 is 1.91 bits per heavy atom. The Hall–Kier alpha value is -2.10.